The Morgan fingerprint density at radius 3 is 2.81 bits per heavy atom. The van der Waals surface area contributed by atoms with Crippen LogP contribution in [0.5, 0.6) is 0 Å². The molecule has 0 amide bonds. The first-order chi connectivity index (χ1) is 10.3. The fraction of sp³-hybridized carbons (Fsp3) is 0.533. The summed E-state index contributed by atoms with van der Waals surface area (Å²) in [5.74, 6) is 1.02. The minimum absolute atomic E-state index is 0.185. The van der Waals surface area contributed by atoms with Crippen LogP contribution in [0.3, 0.4) is 0 Å². The Morgan fingerprint density at radius 2 is 2.14 bits per heavy atom. The van der Waals surface area contributed by atoms with E-state index in [1.165, 1.54) is 6.42 Å². The zero-order chi connectivity index (χ0) is 14.4. The molecule has 2 aromatic heterocycles. The third kappa shape index (κ3) is 2.01. The van der Waals surface area contributed by atoms with Crippen LogP contribution >= 0.6 is 0 Å². The molecule has 0 bridgehead atoms. The molecule has 6 heteroatoms. The van der Waals surface area contributed by atoms with Crippen LogP contribution < -0.4 is 5.73 Å². The molecule has 0 aliphatic heterocycles. The van der Waals surface area contributed by atoms with Crippen molar-refractivity contribution in [3.8, 4) is 0 Å². The van der Waals surface area contributed by atoms with E-state index in [0.717, 1.165) is 36.1 Å². The first-order valence-electron chi connectivity index (χ1n) is 7.55. The molecule has 3 N–H and O–H groups in total. The Labute approximate surface area is 122 Å². The van der Waals surface area contributed by atoms with Crippen LogP contribution in [0.1, 0.15) is 43.3 Å². The predicted molar refractivity (Wildman–Crippen MR) is 79.7 cm³/mol. The van der Waals surface area contributed by atoms with Gasteiger partial charge in [-0.25, -0.2) is 9.97 Å². The van der Waals surface area contributed by atoms with Gasteiger partial charge in [-0.1, -0.05) is 18.6 Å². The molecule has 2 aliphatic carbocycles. The van der Waals surface area contributed by atoms with Crippen LogP contribution in [-0.4, -0.2) is 31.2 Å². The van der Waals surface area contributed by atoms with E-state index in [4.69, 9.17) is 5.73 Å². The highest BCUT2D eigenvalue weighted by molar-refractivity contribution is 5.75. The second-order valence-electron chi connectivity index (χ2n) is 6.05. The largest absolute Gasteiger partial charge is 0.396 e. The number of aliphatic hydroxyl groups excluding tert-OH is 1. The number of hydrogen-bond acceptors (Lipinski definition) is 5. The number of nitrogen functional groups attached to an aromatic ring is 1. The van der Waals surface area contributed by atoms with E-state index in [1.54, 1.807) is 0 Å². The number of aromatic nitrogens is 4. The number of nitrogens with two attached hydrogens (primary N) is 1. The van der Waals surface area contributed by atoms with Crippen molar-refractivity contribution in [2.24, 2.45) is 5.92 Å². The molecule has 4 rings (SSSR count). The number of aliphatic hydroxyl groups is 1. The lowest BCUT2D eigenvalue weighted by Crippen LogP contribution is -2.14. The molecule has 0 aromatic carbocycles. The monoisotopic (exact) mass is 285 g/mol. The zero-order valence-corrected chi connectivity index (χ0v) is 11.8. The van der Waals surface area contributed by atoms with Crippen LogP contribution in [0.15, 0.2) is 18.5 Å². The van der Waals surface area contributed by atoms with Crippen molar-refractivity contribution >= 4 is 17.1 Å². The normalized spacial score (nSPS) is 25.6. The summed E-state index contributed by atoms with van der Waals surface area (Å²) in [6, 6.07) is 0.190. The van der Waals surface area contributed by atoms with Crippen LogP contribution in [-0.2, 0) is 0 Å². The van der Waals surface area contributed by atoms with E-state index in [9.17, 15) is 5.11 Å². The van der Waals surface area contributed by atoms with Gasteiger partial charge in [0.15, 0.2) is 5.65 Å². The molecular formula is C15H19N5O. The van der Waals surface area contributed by atoms with Gasteiger partial charge in [0.2, 0.25) is 5.95 Å². The van der Waals surface area contributed by atoms with Gasteiger partial charge >= 0.3 is 0 Å². The first-order valence-corrected chi connectivity index (χ1v) is 7.55. The molecule has 6 nitrogen and oxygen atoms in total. The molecule has 0 spiro atoms. The number of anilines is 1. The maximum Gasteiger partial charge on any atom is 0.222 e. The van der Waals surface area contributed by atoms with Crippen LogP contribution in [0.2, 0.25) is 0 Å². The van der Waals surface area contributed by atoms with Gasteiger partial charge in [-0.2, -0.15) is 4.98 Å². The topological polar surface area (TPSA) is 89.8 Å². The van der Waals surface area contributed by atoms with Crippen molar-refractivity contribution in [3.05, 3.63) is 24.2 Å². The van der Waals surface area contributed by atoms with Gasteiger partial charge in [0.25, 0.3) is 0 Å². The highest BCUT2D eigenvalue weighted by Gasteiger charge is 2.27. The molecule has 2 aromatic rings. The summed E-state index contributed by atoms with van der Waals surface area (Å²) in [4.78, 5) is 13.4. The number of allylic oxidation sites excluding steroid dienone is 1. The van der Waals surface area contributed by atoms with E-state index < -0.39 is 0 Å². The minimum atomic E-state index is 0.185. The molecule has 21 heavy (non-hydrogen) atoms. The van der Waals surface area contributed by atoms with E-state index in [0.29, 0.717) is 11.9 Å². The van der Waals surface area contributed by atoms with Crippen molar-refractivity contribution in [3.63, 3.8) is 0 Å². The molecule has 2 aliphatic rings. The molecule has 0 saturated heterocycles. The number of hydrogen-bond donors (Lipinski definition) is 2. The van der Waals surface area contributed by atoms with E-state index >= 15 is 0 Å². The third-order valence-corrected chi connectivity index (χ3v) is 4.70. The van der Waals surface area contributed by atoms with Gasteiger partial charge in [0, 0.05) is 18.4 Å². The number of nitrogens with zero attached hydrogens (tertiary/aromatic N) is 4. The lowest BCUT2D eigenvalue weighted by molar-refractivity contribution is 0.244. The lowest BCUT2D eigenvalue weighted by atomic mass is 9.82. The van der Waals surface area contributed by atoms with Gasteiger partial charge in [0.1, 0.15) is 5.52 Å². The third-order valence-electron chi connectivity index (χ3n) is 4.70. The summed E-state index contributed by atoms with van der Waals surface area (Å²) < 4.78 is 2.06. The highest BCUT2D eigenvalue weighted by atomic mass is 16.3. The van der Waals surface area contributed by atoms with E-state index in [2.05, 4.69) is 31.7 Å². The summed E-state index contributed by atoms with van der Waals surface area (Å²) in [5.41, 5.74) is 8.60. The molecular weight excluding hydrogens is 266 g/mol. The van der Waals surface area contributed by atoms with E-state index in [1.807, 2.05) is 6.33 Å². The van der Waals surface area contributed by atoms with Gasteiger partial charge in [-0.3, -0.25) is 0 Å². The average Bonchev–Trinajstić information content (AvgIpc) is 3.01. The summed E-state index contributed by atoms with van der Waals surface area (Å²) in [5, 5.41) is 9.27. The summed E-state index contributed by atoms with van der Waals surface area (Å²) in [6.45, 7) is 0.185. The maximum absolute atomic E-state index is 9.27. The predicted octanol–water partition coefficient (Wildman–Crippen LogP) is 1.79. The second kappa shape index (κ2) is 4.80. The fourth-order valence-electron chi connectivity index (χ4n) is 3.26. The van der Waals surface area contributed by atoms with E-state index in [-0.39, 0.29) is 18.6 Å². The Balaban J connectivity index is 1.77. The van der Waals surface area contributed by atoms with Gasteiger partial charge in [-0.15, -0.1) is 0 Å². The molecule has 1 saturated carbocycles. The Morgan fingerprint density at radius 1 is 1.29 bits per heavy atom. The van der Waals surface area contributed by atoms with Crippen molar-refractivity contribution in [1.82, 2.24) is 19.5 Å². The standard InChI is InChI=1S/C15H19N5O/c16-15-18-12(10-2-1-3-10)13-14(19-15)20(8-17-13)11-5-4-9(6-11)7-21/h4-5,8-11,21H,1-3,6-7H2,(H2,16,18,19)/t9-,11?/m1/s1. The van der Waals surface area contributed by atoms with Crippen molar-refractivity contribution in [1.29, 1.82) is 0 Å². The van der Waals surface area contributed by atoms with Crippen molar-refractivity contribution in [2.45, 2.75) is 37.6 Å². The minimum Gasteiger partial charge on any atom is -0.396 e. The first kappa shape index (κ1) is 12.8. The summed E-state index contributed by atoms with van der Waals surface area (Å²) in [7, 11) is 0. The maximum atomic E-state index is 9.27. The molecule has 1 fully saturated rings. The van der Waals surface area contributed by atoms with Gasteiger partial charge in [0.05, 0.1) is 18.1 Å². The second-order valence-corrected chi connectivity index (χ2v) is 6.05. The Hall–Kier alpha value is -1.95. The van der Waals surface area contributed by atoms with Gasteiger partial charge < -0.3 is 15.4 Å². The highest BCUT2D eigenvalue weighted by Crippen LogP contribution is 2.39. The van der Waals surface area contributed by atoms with Crippen LogP contribution in [0, 0.1) is 5.92 Å². The SMILES string of the molecule is Nc1nc(C2CCC2)c2ncn(C3C=C[C@@H](CO)C3)c2n1. The molecule has 1 unspecified atom stereocenters. The fourth-order valence-corrected chi connectivity index (χ4v) is 3.26. The smallest absolute Gasteiger partial charge is 0.222 e. The van der Waals surface area contributed by atoms with Crippen molar-refractivity contribution in [2.75, 3.05) is 12.3 Å². The Bertz CT molecular complexity index is 703. The molecule has 2 heterocycles. The molecule has 0 radical (unpaired) electrons. The van der Waals surface area contributed by atoms with Gasteiger partial charge in [-0.05, 0) is 19.3 Å². The quantitative estimate of drug-likeness (QED) is 0.839. The van der Waals surface area contributed by atoms with Crippen LogP contribution in [0.4, 0.5) is 5.95 Å². The molecule has 110 valence electrons. The Kier molecular flexibility index (Phi) is 2.92. The molecule has 2 atom stereocenters. The summed E-state index contributed by atoms with van der Waals surface area (Å²) >= 11 is 0. The number of rotatable bonds is 3. The summed E-state index contributed by atoms with van der Waals surface area (Å²) in [6.07, 6.45) is 10.5. The average molecular weight is 285 g/mol. The number of fused-ring (bicyclic) bond motifs is 1. The van der Waals surface area contributed by atoms with Crippen LogP contribution in [0.25, 0.3) is 11.2 Å². The van der Waals surface area contributed by atoms with Crippen molar-refractivity contribution < 1.29 is 5.11 Å². The number of imidazole rings is 1. The lowest BCUT2D eigenvalue weighted by Gasteiger charge is -2.24. The zero-order valence-electron chi connectivity index (χ0n) is 11.8.